The lowest BCUT2D eigenvalue weighted by molar-refractivity contribution is 0.0696. The van der Waals surface area contributed by atoms with Crippen molar-refractivity contribution in [2.75, 3.05) is 0 Å². The number of fused-ring (bicyclic) bond motifs is 3. The number of carboxylic acid groups (broad SMARTS) is 1. The van der Waals surface area contributed by atoms with Gasteiger partial charge in [-0.25, -0.2) is 10.2 Å². The number of aryl methyl sites for hydroxylation is 1. The molecule has 0 fully saturated rings. The molecule has 2 aromatic heterocycles. The number of carboxylic acids is 1. The number of nitrogens with one attached hydrogen (secondary N) is 1. The second kappa shape index (κ2) is 8.12. The van der Waals surface area contributed by atoms with Crippen LogP contribution in [0.2, 0.25) is 0 Å². The summed E-state index contributed by atoms with van der Waals surface area (Å²) in [6.07, 6.45) is 1.39. The van der Waals surface area contributed by atoms with Crippen LogP contribution in [-0.4, -0.2) is 23.2 Å². The average molecular weight is 438 g/mol. The largest absolute Gasteiger partial charge is 0.478 e. The van der Waals surface area contributed by atoms with Gasteiger partial charge in [-0.1, -0.05) is 36.4 Å². The predicted octanol–water partition coefficient (Wildman–Crippen LogP) is 5.62. The molecule has 0 aliphatic rings. The van der Waals surface area contributed by atoms with Gasteiger partial charge in [-0.3, -0.25) is 4.79 Å². The molecule has 0 spiro atoms. The molecule has 0 aliphatic heterocycles. The molecule has 7 nitrogen and oxygen atoms in total. The van der Waals surface area contributed by atoms with E-state index in [0.29, 0.717) is 17.1 Å². The Morgan fingerprint density at radius 2 is 1.79 bits per heavy atom. The smallest absolute Gasteiger partial charge is 0.335 e. The molecule has 0 atom stereocenters. The van der Waals surface area contributed by atoms with Crippen molar-refractivity contribution < 1.29 is 23.5 Å². The number of nitrogens with zero attached hydrogens (tertiary/aromatic N) is 1. The lowest BCUT2D eigenvalue weighted by atomic mass is 10.0. The first-order valence-corrected chi connectivity index (χ1v) is 10.2. The average Bonchev–Trinajstić information content (AvgIpc) is 3.46. The van der Waals surface area contributed by atoms with Crippen molar-refractivity contribution in [3.63, 3.8) is 0 Å². The number of hydrazone groups is 1. The summed E-state index contributed by atoms with van der Waals surface area (Å²) in [5, 5.41) is 16.0. The number of aromatic carboxylic acids is 1. The van der Waals surface area contributed by atoms with Crippen LogP contribution in [0.5, 0.6) is 0 Å². The summed E-state index contributed by atoms with van der Waals surface area (Å²) in [6.45, 7) is 1.81. The van der Waals surface area contributed by atoms with E-state index in [0.717, 1.165) is 27.3 Å². The second-order valence-electron chi connectivity index (χ2n) is 7.55. The van der Waals surface area contributed by atoms with E-state index in [1.54, 1.807) is 30.3 Å². The molecule has 2 heterocycles. The maximum atomic E-state index is 12.5. The fraction of sp³-hybridized carbons (Fsp3) is 0.0385. The number of hydrogen-bond acceptors (Lipinski definition) is 5. The van der Waals surface area contributed by atoms with E-state index in [1.165, 1.54) is 12.3 Å². The van der Waals surface area contributed by atoms with E-state index in [-0.39, 0.29) is 11.3 Å². The monoisotopic (exact) mass is 438 g/mol. The Hall–Kier alpha value is -4.65. The zero-order valence-electron chi connectivity index (χ0n) is 17.5. The lowest BCUT2D eigenvalue weighted by Gasteiger charge is -2.03. The number of amides is 1. The van der Waals surface area contributed by atoms with Crippen LogP contribution >= 0.6 is 0 Å². The third kappa shape index (κ3) is 3.87. The quantitative estimate of drug-likeness (QED) is 0.274. The lowest BCUT2D eigenvalue weighted by Crippen LogP contribution is -2.16. The van der Waals surface area contributed by atoms with Crippen LogP contribution in [0.4, 0.5) is 0 Å². The Kier molecular flexibility index (Phi) is 4.99. The van der Waals surface area contributed by atoms with Crippen LogP contribution in [0.3, 0.4) is 0 Å². The molecule has 33 heavy (non-hydrogen) atoms. The maximum Gasteiger partial charge on any atom is 0.335 e. The third-order valence-electron chi connectivity index (χ3n) is 5.37. The fourth-order valence-corrected chi connectivity index (χ4v) is 3.75. The highest BCUT2D eigenvalue weighted by molar-refractivity contribution is 6.08. The van der Waals surface area contributed by atoms with E-state index >= 15 is 0 Å². The fourth-order valence-electron chi connectivity index (χ4n) is 3.75. The predicted molar refractivity (Wildman–Crippen MR) is 125 cm³/mol. The Morgan fingerprint density at radius 3 is 2.61 bits per heavy atom. The number of carbonyl (C=O) groups excluding carboxylic acids is 1. The molecule has 2 N–H and O–H groups in total. The van der Waals surface area contributed by atoms with E-state index in [4.69, 9.17) is 13.9 Å². The zero-order valence-corrected chi connectivity index (χ0v) is 17.5. The van der Waals surface area contributed by atoms with Gasteiger partial charge in [0.15, 0.2) is 5.76 Å². The number of rotatable bonds is 5. The minimum absolute atomic E-state index is 0.160. The molecule has 0 radical (unpaired) electrons. The van der Waals surface area contributed by atoms with Crippen molar-refractivity contribution in [3.8, 4) is 11.3 Å². The van der Waals surface area contributed by atoms with Gasteiger partial charge in [0.25, 0.3) is 0 Å². The third-order valence-corrected chi connectivity index (χ3v) is 5.37. The van der Waals surface area contributed by atoms with Crippen molar-refractivity contribution in [1.82, 2.24) is 5.43 Å². The molecule has 0 unspecified atom stereocenters. The molecule has 1 amide bonds. The number of furan rings is 2. The van der Waals surface area contributed by atoms with Crippen molar-refractivity contribution in [2.24, 2.45) is 5.10 Å². The molecule has 3 aromatic carbocycles. The van der Waals surface area contributed by atoms with Crippen LogP contribution in [0.15, 0.2) is 86.7 Å². The highest BCUT2D eigenvalue weighted by atomic mass is 16.4. The highest BCUT2D eigenvalue weighted by Gasteiger charge is 2.14. The van der Waals surface area contributed by atoms with Gasteiger partial charge in [-0.05, 0) is 59.7 Å². The number of benzene rings is 3. The zero-order chi connectivity index (χ0) is 22.9. The van der Waals surface area contributed by atoms with Gasteiger partial charge in [-0.2, -0.15) is 5.10 Å². The van der Waals surface area contributed by atoms with Gasteiger partial charge in [0.05, 0.1) is 11.8 Å². The topological polar surface area (TPSA) is 105 Å². The summed E-state index contributed by atoms with van der Waals surface area (Å²) in [6, 6.07) is 21.7. The van der Waals surface area contributed by atoms with Crippen LogP contribution in [-0.2, 0) is 0 Å². The van der Waals surface area contributed by atoms with Gasteiger partial charge in [0.1, 0.15) is 17.1 Å². The first-order valence-electron chi connectivity index (χ1n) is 10.2. The Bertz CT molecular complexity index is 1560. The van der Waals surface area contributed by atoms with E-state index < -0.39 is 11.9 Å². The Balaban J connectivity index is 1.31. The van der Waals surface area contributed by atoms with Crippen LogP contribution < -0.4 is 5.43 Å². The molecule has 5 rings (SSSR count). The van der Waals surface area contributed by atoms with Crippen LogP contribution in [0, 0.1) is 6.92 Å². The summed E-state index contributed by atoms with van der Waals surface area (Å²) in [4.78, 5) is 23.6. The standard InChI is InChI=1S/C26H18N2O5/c1-15-12-17(26(30)31)6-9-19(15)22-11-8-18(32-22)14-27-28-25(29)24-13-21-20-5-3-2-4-16(20)7-10-23(21)33-24/h2-14H,1H3,(H,28,29)(H,30,31)/b27-14+. The van der Waals surface area contributed by atoms with Crippen molar-refractivity contribution in [2.45, 2.75) is 6.92 Å². The summed E-state index contributed by atoms with van der Waals surface area (Å²) in [5.41, 5.74) is 4.84. The summed E-state index contributed by atoms with van der Waals surface area (Å²) >= 11 is 0. The van der Waals surface area contributed by atoms with Gasteiger partial charge in [0, 0.05) is 10.9 Å². The molecule has 162 valence electrons. The second-order valence-corrected chi connectivity index (χ2v) is 7.55. The minimum atomic E-state index is -0.981. The Morgan fingerprint density at radius 1 is 0.939 bits per heavy atom. The molecule has 0 aliphatic carbocycles. The molecule has 0 saturated carbocycles. The van der Waals surface area contributed by atoms with Crippen LogP contribution in [0.1, 0.15) is 32.2 Å². The maximum absolute atomic E-state index is 12.5. The van der Waals surface area contributed by atoms with Crippen molar-refractivity contribution in [3.05, 3.63) is 95.4 Å². The van der Waals surface area contributed by atoms with E-state index in [9.17, 15) is 9.59 Å². The first kappa shape index (κ1) is 20.3. The van der Waals surface area contributed by atoms with E-state index in [1.807, 2.05) is 43.3 Å². The van der Waals surface area contributed by atoms with E-state index in [2.05, 4.69) is 10.5 Å². The summed E-state index contributed by atoms with van der Waals surface area (Å²) in [7, 11) is 0. The molecular weight excluding hydrogens is 420 g/mol. The number of hydrogen-bond donors (Lipinski definition) is 2. The van der Waals surface area contributed by atoms with Crippen molar-refractivity contribution >= 4 is 39.8 Å². The SMILES string of the molecule is Cc1cc(C(=O)O)ccc1-c1ccc(/C=N/NC(=O)c2cc3c(ccc4ccccc43)o2)o1. The minimum Gasteiger partial charge on any atom is -0.478 e. The van der Waals surface area contributed by atoms with Crippen molar-refractivity contribution in [1.29, 1.82) is 0 Å². The summed E-state index contributed by atoms with van der Waals surface area (Å²) < 4.78 is 11.5. The highest BCUT2D eigenvalue weighted by Crippen LogP contribution is 2.28. The molecule has 0 saturated heterocycles. The van der Waals surface area contributed by atoms with Gasteiger partial charge >= 0.3 is 11.9 Å². The summed E-state index contributed by atoms with van der Waals surface area (Å²) in [5.74, 6) is -0.291. The van der Waals surface area contributed by atoms with Gasteiger partial charge in [0.2, 0.25) is 0 Å². The molecule has 0 bridgehead atoms. The molecule has 7 heteroatoms. The Labute approximate surface area is 187 Å². The normalized spacial score (nSPS) is 11.4. The van der Waals surface area contributed by atoms with Gasteiger partial charge in [-0.15, -0.1) is 0 Å². The van der Waals surface area contributed by atoms with Gasteiger partial charge < -0.3 is 13.9 Å². The number of carbonyl (C=O) groups is 2. The molecular formula is C26H18N2O5. The van der Waals surface area contributed by atoms with Crippen LogP contribution in [0.25, 0.3) is 33.1 Å². The first-order chi connectivity index (χ1) is 16.0. The molecule has 5 aromatic rings.